The Bertz CT molecular complexity index is 476. The minimum Gasteiger partial charge on any atom is -0.353 e. The van der Waals surface area contributed by atoms with E-state index in [1.54, 1.807) is 0 Å². The van der Waals surface area contributed by atoms with Crippen LogP contribution in [0.15, 0.2) is 18.3 Å². The maximum Gasteiger partial charge on any atom is 0.240 e. The molecule has 19 heavy (non-hydrogen) atoms. The number of rotatable bonds is 3. The van der Waals surface area contributed by atoms with Crippen molar-refractivity contribution in [3.8, 4) is 6.07 Å². The monoisotopic (exact) mass is 259 g/mol. The molecule has 1 aliphatic carbocycles. The van der Waals surface area contributed by atoms with Crippen molar-refractivity contribution in [2.75, 3.05) is 0 Å². The topological polar surface area (TPSA) is 57.8 Å². The Morgan fingerprint density at radius 1 is 1.42 bits per heavy atom. The molecule has 0 unspecified atom stereocenters. The Labute approximate surface area is 114 Å². The second-order valence-corrected chi connectivity index (χ2v) is 5.40. The van der Waals surface area contributed by atoms with Crippen LogP contribution in [0.25, 0.3) is 0 Å². The molecule has 0 atom stereocenters. The van der Waals surface area contributed by atoms with Gasteiger partial charge in [-0.05, 0) is 25.0 Å². The molecule has 1 saturated carbocycles. The summed E-state index contributed by atoms with van der Waals surface area (Å²) >= 11 is 0. The predicted octanol–water partition coefficient (Wildman–Crippen LogP) is 2.51. The Morgan fingerprint density at radius 3 is 2.63 bits per heavy atom. The summed E-state index contributed by atoms with van der Waals surface area (Å²) in [7, 11) is 1.95. The van der Waals surface area contributed by atoms with E-state index in [4.69, 9.17) is 0 Å². The van der Waals surface area contributed by atoms with Crippen molar-refractivity contribution < 1.29 is 4.79 Å². The zero-order valence-corrected chi connectivity index (χ0v) is 11.5. The molecular weight excluding hydrogens is 238 g/mol. The fourth-order valence-corrected chi connectivity index (χ4v) is 2.74. The summed E-state index contributed by atoms with van der Waals surface area (Å²) in [5.41, 5.74) is 0.247. The molecule has 1 aromatic heterocycles. The highest BCUT2D eigenvalue weighted by Crippen LogP contribution is 2.34. The Hall–Kier alpha value is -1.76. The van der Waals surface area contributed by atoms with E-state index in [0.29, 0.717) is 19.4 Å². The van der Waals surface area contributed by atoms with E-state index in [-0.39, 0.29) is 5.91 Å². The highest BCUT2D eigenvalue weighted by atomic mass is 16.2. The SMILES string of the molecule is Cn1cccc1CNC(=O)C1(C#N)CCCCCC1. The maximum atomic E-state index is 12.4. The molecule has 4 nitrogen and oxygen atoms in total. The first kappa shape index (κ1) is 13.7. The molecule has 102 valence electrons. The van der Waals surface area contributed by atoms with Gasteiger partial charge in [0.2, 0.25) is 5.91 Å². The van der Waals surface area contributed by atoms with Crippen LogP contribution in [0.5, 0.6) is 0 Å². The third-order valence-electron chi connectivity index (χ3n) is 4.09. The van der Waals surface area contributed by atoms with Crippen molar-refractivity contribution in [2.24, 2.45) is 12.5 Å². The number of hydrogen-bond donors (Lipinski definition) is 1. The van der Waals surface area contributed by atoms with Gasteiger partial charge in [0.25, 0.3) is 0 Å². The lowest BCUT2D eigenvalue weighted by Gasteiger charge is -2.23. The van der Waals surface area contributed by atoms with Crippen LogP contribution in [-0.2, 0) is 18.4 Å². The number of carbonyl (C=O) groups excluding carboxylic acids is 1. The number of carbonyl (C=O) groups is 1. The standard InChI is InChI=1S/C15H21N3O/c1-18-10-6-7-13(18)11-17-14(19)15(12-16)8-4-2-3-5-9-15/h6-7,10H,2-5,8-9,11H2,1H3,(H,17,19). The van der Waals surface area contributed by atoms with Crippen molar-refractivity contribution in [2.45, 2.75) is 45.1 Å². The summed E-state index contributed by atoms with van der Waals surface area (Å²) in [5, 5.41) is 12.4. The molecule has 1 N–H and O–H groups in total. The maximum absolute atomic E-state index is 12.4. The van der Waals surface area contributed by atoms with Crippen LogP contribution in [0, 0.1) is 16.7 Å². The van der Waals surface area contributed by atoms with Crippen LogP contribution < -0.4 is 5.32 Å². The average molecular weight is 259 g/mol. The lowest BCUT2D eigenvalue weighted by molar-refractivity contribution is -0.129. The Kier molecular flexibility index (Phi) is 4.26. The van der Waals surface area contributed by atoms with E-state index >= 15 is 0 Å². The molecule has 1 aliphatic rings. The van der Waals surface area contributed by atoms with Gasteiger partial charge in [0.05, 0.1) is 12.6 Å². The van der Waals surface area contributed by atoms with Crippen LogP contribution in [0.4, 0.5) is 0 Å². The molecule has 0 aliphatic heterocycles. The number of aryl methyl sites for hydroxylation is 1. The first-order valence-electron chi connectivity index (χ1n) is 6.98. The molecule has 0 spiro atoms. The second-order valence-electron chi connectivity index (χ2n) is 5.40. The third kappa shape index (κ3) is 2.98. The minimum absolute atomic E-state index is 0.0990. The second kappa shape index (κ2) is 5.92. The van der Waals surface area contributed by atoms with Gasteiger partial charge in [0, 0.05) is 18.9 Å². The quantitative estimate of drug-likeness (QED) is 0.848. The molecule has 1 amide bonds. The lowest BCUT2D eigenvalue weighted by atomic mass is 9.81. The van der Waals surface area contributed by atoms with Gasteiger partial charge in [0.1, 0.15) is 5.41 Å². The van der Waals surface area contributed by atoms with Gasteiger partial charge in [-0.2, -0.15) is 5.26 Å². The third-order valence-corrected chi connectivity index (χ3v) is 4.09. The van der Waals surface area contributed by atoms with Gasteiger partial charge in [-0.3, -0.25) is 4.79 Å². The summed E-state index contributed by atoms with van der Waals surface area (Å²) < 4.78 is 1.98. The molecule has 0 bridgehead atoms. The smallest absolute Gasteiger partial charge is 0.240 e. The fraction of sp³-hybridized carbons (Fsp3) is 0.600. The van der Waals surface area contributed by atoms with Crippen LogP contribution >= 0.6 is 0 Å². The van der Waals surface area contributed by atoms with E-state index in [2.05, 4.69) is 11.4 Å². The number of amides is 1. The van der Waals surface area contributed by atoms with Gasteiger partial charge >= 0.3 is 0 Å². The van der Waals surface area contributed by atoms with Crippen molar-refractivity contribution in [1.82, 2.24) is 9.88 Å². The van der Waals surface area contributed by atoms with E-state index in [1.165, 1.54) is 0 Å². The van der Waals surface area contributed by atoms with Crippen molar-refractivity contribution in [3.63, 3.8) is 0 Å². The first-order valence-corrected chi connectivity index (χ1v) is 6.98. The summed E-state index contributed by atoms with van der Waals surface area (Å²) in [5.74, 6) is -0.0990. The van der Waals surface area contributed by atoms with Crippen LogP contribution in [0.2, 0.25) is 0 Å². The van der Waals surface area contributed by atoms with E-state index in [0.717, 1.165) is 31.4 Å². The van der Waals surface area contributed by atoms with Crippen LogP contribution in [-0.4, -0.2) is 10.5 Å². The first-order chi connectivity index (χ1) is 9.18. The van der Waals surface area contributed by atoms with E-state index in [1.807, 2.05) is 29.9 Å². The molecule has 2 rings (SSSR count). The normalized spacial score (nSPS) is 18.3. The van der Waals surface area contributed by atoms with Gasteiger partial charge in [-0.1, -0.05) is 25.7 Å². The molecule has 0 radical (unpaired) electrons. The van der Waals surface area contributed by atoms with Gasteiger partial charge in [-0.25, -0.2) is 0 Å². The Morgan fingerprint density at radius 2 is 2.11 bits per heavy atom. The summed E-state index contributed by atoms with van der Waals surface area (Å²) in [6, 6.07) is 6.21. The summed E-state index contributed by atoms with van der Waals surface area (Å²) in [4.78, 5) is 12.4. The zero-order chi connectivity index (χ0) is 13.7. The number of nitriles is 1. The van der Waals surface area contributed by atoms with E-state index < -0.39 is 5.41 Å². The number of hydrogen-bond acceptors (Lipinski definition) is 2. The van der Waals surface area contributed by atoms with Crippen molar-refractivity contribution in [3.05, 3.63) is 24.0 Å². The van der Waals surface area contributed by atoms with E-state index in [9.17, 15) is 10.1 Å². The van der Waals surface area contributed by atoms with Crippen molar-refractivity contribution in [1.29, 1.82) is 5.26 Å². The molecule has 0 aromatic carbocycles. The van der Waals surface area contributed by atoms with Crippen LogP contribution in [0.1, 0.15) is 44.2 Å². The molecule has 1 aromatic rings. The fourth-order valence-electron chi connectivity index (χ4n) is 2.74. The lowest BCUT2D eigenvalue weighted by Crippen LogP contribution is -2.39. The largest absolute Gasteiger partial charge is 0.353 e. The number of aromatic nitrogens is 1. The molecule has 0 saturated heterocycles. The highest BCUT2D eigenvalue weighted by Gasteiger charge is 2.38. The molecule has 4 heteroatoms. The van der Waals surface area contributed by atoms with Crippen LogP contribution in [0.3, 0.4) is 0 Å². The Balaban J connectivity index is 2.01. The average Bonchev–Trinajstić information content (AvgIpc) is 2.68. The summed E-state index contributed by atoms with van der Waals surface area (Å²) in [6.07, 6.45) is 7.57. The van der Waals surface area contributed by atoms with Crippen molar-refractivity contribution >= 4 is 5.91 Å². The zero-order valence-electron chi connectivity index (χ0n) is 11.5. The highest BCUT2D eigenvalue weighted by molar-refractivity contribution is 5.85. The number of nitrogens with zero attached hydrogens (tertiary/aromatic N) is 2. The molecule has 1 fully saturated rings. The van der Waals surface area contributed by atoms with Gasteiger partial charge in [0.15, 0.2) is 0 Å². The van der Waals surface area contributed by atoms with Gasteiger partial charge in [-0.15, -0.1) is 0 Å². The van der Waals surface area contributed by atoms with Gasteiger partial charge < -0.3 is 9.88 Å². The summed E-state index contributed by atoms with van der Waals surface area (Å²) in [6.45, 7) is 0.492. The molecular formula is C15H21N3O. The predicted molar refractivity (Wildman–Crippen MR) is 73.0 cm³/mol. The molecule has 1 heterocycles. The minimum atomic E-state index is -0.804. The number of nitrogens with one attached hydrogen (secondary N) is 1.